The highest BCUT2D eigenvalue weighted by Crippen LogP contribution is 2.41. The Balaban J connectivity index is 1.16. The predicted octanol–water partition coefficient (Wildman–Crippen LogP) is 13.6. The molecule has 0 saturated heterocycles. The van der Waals surface area contributed by atoms with E-state index in [9.17, 15) is 4.11 Å². The van der Waals surface area contributed by atoms with Gasteiger partial charge in [-0.05, 0) is 63.3 Å². The first-order valence-electron chi connectivity index (χ1n) is 21.8. The zero-order valence-corrected chi connectivity index (χ0v) is 29.0. The van der Waals surface area contributed by atoms with E-state index in [2.05, 4.69) is 18.2 Å². The first-order valence-corrected chi connectivity index (χ1v) is 18.1. The molecular weight excluding hydrogens is 679 g/mol. The van der Waals surface area contributed by atoms with E-state index in [1.807, 2.05) is 103 Å². The molecule has 11 aromatic rings. The van der Waals surface area contributed by atoms with Gasteiger partial charge in [0.05, 0.1) is 12.3 Å². The molecule has 252 valence electrons. The van der Waals surface area contributed by atoms with Gasteiger partial charge in [-0.15, -0.1) is 11.3 Å². The van der Waals surface area contributed by atoms with E-state index in [0.717, 1.165) is 44.4 Å². The number of hydrogen-bond donors (Lipinski definition) is 0. The van der Waals surface area contributed by atoms with Crippen molar-refractivity contribution < 1.29 is 16.8 Å². The SMILES string of the molecule is [2H]c1c([2H])c([2H])c2c(c1[2H])c([2H])c([2H])c1c2sc2c([2H])c(-c3nc(-c4cccc(-c5ccccc5)c4)nc(-c4ccc5c(c4)oc4cccc(-c6ccccc6)c45)n3)c([2H])c([2H])c21. The Morgan fingerprint density at radius 1 is 0.463 bits per heavy atom. The highest BCUT2D eigenvalue weighted by atomic mass is 32.1. The van der Waals surface area contributed by atoms with Crippen molar-refractivity contribution in [3.8, 4) is 56.4 Å². The van der Waals surface area contributed by atoms with Crippen LogP contribution >= 0.6 is 11.3 Å². The second-order valence-corrected chi connectivity index (χ2v) is 13.9. The first-order chi connectivity index (χ1) is 30.5. The molecule has 0 saturated carbocycles. The summed E-state index contributed by atoms with van der Waals surface area (Å²) in [5.74, 6) is 0.472. The first kappa shape index (κ1) is 22.9. The smallest absolute Gasteiger partial charge is 0.164 e. The van der Waals surface area contributed by atoms with Crippen LogP contribution in [-0.2, 0) is 0 Å². The molecule has 11 rings (SSSR count). The van der Waals surface area contributed by atoms with Crippen LogP contribution in [0.4, 0.5) is 0 Å². The maximum Gasteiger partial charge on any atom is 0.164 e. The van der Waals surface area contributed by atoms with Crippen LogP contribution in [0.3, 0.4) is 0 Å². The molecule has 0 radical (unpaired) electrons. The van der Waals surface area contributed by atoms with Crippen LogP contribution in [0, 0.1) is 0 Å². The number of rotatable bonds is 5. The normalized spacial score (nSPS) is 14.0. The maximum absolute atomic E-state index is 9.64. The molecule has 4 nitrogen and oxygen atoms in total. The Morgan fingerprint density at radius 2 is 1.15 bits per heavy atom. The number of aromatic nitrogens is 3. The fourth-order valence-corrected chi connectivity index (χ4v) is 8.18. The molecule has 0 aliphatic carbocycles. The zero-order valence-electron chi connectivity index (χ0n) is 37.2. The van der Waals surface area contributed by atoms with E-state index in [0.29, 0.717) is 22.3 Å². The van der Waals surface area contributed by atoms with E-state index < -0.39 is 24.2 Å². The lowest BCUT2D eigenvalue weighted by Gasteiger charge is -2.10. The van der Waals surface area contributed by atoms with Crippen molar-refractivity contribution in [2.45, 2.75) is 0 Å². The van der Waals surface area contributed by atoms with Crippen molar-refractivity contribution in [2.75, 3.05) is 0 Å². The second kappa shape index (κ2) is 12.3. The minimum Gasteiger partial charge on any atom is -0.456 e. The quantitative estimate of drug-likeness (QED) is 0.178. The topological polar surface area (TPSA) is 51.8 Å². The van der Waals surface area contributed by atoms with Crippen molar-refractivity contribution in [2.24, 2.45) is 0 Å². The molecule has 54 heavy (non-hydrogen) atoms. The van der Waals surface area contributed by atoms with Crippen molar-refractivity contribution in [1.29, 1.82) is 0 Å². The standard InChI is InChI=1S/C49H29N3OS/c1-3-11-30(12-4-1)33-16-9-17-34(27-33)47-50-48(35-23-26-41-43(28-35)53-42-20-10-19-37(45(41)42)31-13-5-2-6-14-31)52-49(51-47)36-22-24-39-40-25-21-32-15-7-8-18-38(32)46(40)54-44(39)29-36/h1-29H/i7D,8D,15D,18D,21D,22D,24D,25D,29D. The summed E-state index contributed by atoms with van der Waals surface area (Å²) in [7, 11) is 0. The van der Waals surface area contributed by atoms with Crippen molar-refractivity contribution in [3.05, 3.63) is 176 Å². The predicted molar refractivity (Wildman–Crippen MR) is 225 cm³/mol. The van der Waals surface area contributed by atoms with Crippen LogP contribution in [0.1, 0.15) is 12.3 Å². The molecule has 0 unspecified atom stereocenters. The molecule has 3 aromatic heterocycles. The van der Waals surface area contributed by atoms with E-state index in [-0.39, 0.29) is 84.2 Å². The Bertz CT molecular complexity index is 3740. The fraction of sp³-hybridized carbons (Fsp3) is 0. The highest BCUT2D eigenvalue weighted by Gasteiger charge is 2.18. The number of fused-ring (bicyclic) bond motifs is 8. The molecule has 0 aliphatic rings. The lowest BCUT2D eigenvalue weighted by atomic mass is 9.99. The summed E-state index contributed by atoms with van der Waals surface area (Å²) in [6.45, 7) is 0. The van der Waals surface area contributed by atoms with Crippen LogP contribution < -0.4 is 0 Å². The number of furan rings is 1. The Labute approximate surface area is 327 Å². The van der Waals surface area contributed by atoms with Gasteiger partial charge in [-0.1, -0.05) is 145 Å². The van der Waals surface area contributed by atoms with Gasteiger partial charge in [-0.2, -0.15) is 0 Å². The minimum atomic E-state index is -0.522. The zero-order chi connectivity index (χ0) is 43.4. The highest BCUT2D eigenvalue weighted by molar-refractivity contribution is 7.26. The van der Waals surface area contributed by atoms with Crippen LogP contribution in [0.2, 0.25) is 0 Å². The fourth-order valence-electron chi connectivity index (χ4n) is 7.05. The third-order valence-corrected chi connectivity index (χ3v) is 10.7. The summed E-state index contributed by atoms with van der Waals surface area (Å²) in [4.78, 5) is 14.8. The number of thiophene rings is 1. The van der Waals surface area contributed by atoms with Gasteiger partial charge in [-0.3, -0.25) is 0 Å². The molecule has 0 fully saturated rings. The van der Waals surface area contributed by atoms with Gasteiger partial charge in [0.1, 0.15) is 11.2 Å². The maximum atomic E-state index is 9.64. The Kier molecular flexibility index (Phi) is 5.22. The molecule has 0 amide bonds. The van der Waals surface area contributed by atoms with Gasteiger partial charge >= 0.3 is 0 Å². The van der Waals surface area contributed by atoms with Crippen LogP contribution in [0.15, 0.2) is 180 Å². The average molecular weight is 717 g/mol. The van der Waals surface area contributed by atoms with Gasteiger partial charge in [0.15, 0.2) is 17.5 Å². The summed E-state index contributed by atoms with van der Waals surface area (Å²) in [6, 6.07) is 35.8. The molecule has 0 spiro atoms. The van der Waals surface area contributed by atoms with E-state index in [1.54, 1.807) is 0 Å². The summed E-state index contributed by atoms with van der Waals surface area (Å²) >= 11 is 0.988. The lowest BCUT2D eigenvalue weighted by molar-refractivity contribution is 0.669. The summed E-state index contributed by atoms with van der Waals surface area (Å²) < 4.78 is 87.1. The van der Waals surface area contributed by atoms with E-state index >= 15 is 0 Å². The van der Waals surface area contributed by atoms with Crippen molar-refractivity contribution >= 4 is 64.2 Å². The van der Waals surface area contributed by atoms with E-state index in [1.165, 1.54) is 0 Å². The lowest BCUT2D eigenvalue weighted by Crippen LogP contribution is -2.00. The molecule has 0 bridgehead atoms. The van der Waals surface area contributed by atoms with Gasteiger partial charge in [0, 0.05) is 47.6 Å². The third kappa shape index (κ3) is 5.09. The molecule has 0 atom stereocenters. The van der Waals surface area contributed by atoms with Crippen molar-refractivity contribution in [1.82, 2.24) is 15.0 Å². The Hall–Kier alpha value is -6.95. The van der Waals surface area contributed by atoms with Crippen LogP contribution in [0.5, 0.6) is 0 Å². The third-order valence-electron chi connectivity index (χ3n) is 9.61. The Morgan fingerprint density at radius 3 is 1.98 bits per heavy atom. The number of nitrogens with zero attached hydrogens (tertiary/aromatic N) is 3. The molecule has 8 aromatic carbocycles. The largest absolute Gasteiger partial charge is 0.456 e. The minimum absolute atomic E-state index is 0.0295. The average Bonchev–Trinajstić information content (AvgIpc) is 3.91. The van der Waals surface area contributed by atoms with Gasteiger partial charge in [0.25, 0.3) is 0 Å². The summed E-state index contributed by atoms with van der Waals surface area (Å²) in [5, 5.41) is 1.95. The van der Waals surface area contributed by atoms with Gasteiger partial charge < -0.3 is 4.42 Å². The molecule has 0 N–H and O–H groups in total. The van der Waals surface area contributed by atoms with Crippen molar-refractivity contribution in [3.63, 3.8) is 0 Å². The van der Waals surface area contributed by atoms with Crippen LogP contribution in [0.25, 0.3) is 109 Å². The van der Waals surface area contributed by atoms with Crippen LogP contribution in [-0.4, -0.2) is 15.0 Å². The second-order valence-electron chi connectivity index (χ2n) is 12.9. The summed E-state index contributed by atoms with van der Waals surface area (Å²) in [6.07, 6.45) is 0. The molecule has 3 heterocycles. The van der Waals surface area contributed by atoms with E-state index in [4.69, 9.17) is 27.6 Å². The van der Waals surface area contributed by atoms with Gasteiger partial charge in [-0.25, -0.2) is 15.0 Å². The summed E-state index contributed by atoms with van der Waals surface area (Å²) in [5.41, 5.74) is 6.48. The van der Waals surface area contributed by atoms with Gasteiger partial charge in [0.2, 0.25) is 0 Å². The monoisotopic (exact) mass is 716 g/mol. The molecule has 0 aliphatic heterocycles. The molecule has 5 heteroatoms. The molecular formula is C49H29N3OS. The number of benzene rings is 8. The number of hydrogen-bond acceptors (Lipinski definition) is 5.